The van der Waals surface area contributed by atoms with Crippen LogP contribution in [0.25, 0.3) is 11.1 Å². The van der Waals surface area contributed by atoms with Crippen molar-refractivity contribution in [2.45, 2.75) is 110 Å². The molecule has 0 fully saturated rings. The van der Waals surface area contributed by atoms with E-state index in [-0.39, 0.29) is 0 Å². The third kappa shape index (κ3) is 6.47. The fourth-order valence-corrected chi connectivity index (χ4v) is 6.48. The summed E-state index contributed by atoms with van der Waals surface area (Å²) in [6, 6.07) is 9.00. The molecule has 170 valence electrons. The Hall–Kier alpha value is -0.600. The van der Waals surface area contributed by atoms with Crippen LogP contribution >= 0.6 is 31.9 Å². The molecule has 0 nitrogen and oxygen atoms in total. The molecule has 1 aliphatic rings. The maximum atomic E-state index is 4.03. The lowest BCUT2D eigenvalue weighted by Crippen LogP contribution is -2.04. The molecule has 2 aromatic carbocycles. The zero-order chi connectivity index (χ0) is 22.1. The predicted octanol–water partition coefficient (Wildman–Crippen LogP) is 10.6. The number of halogens is 2. The first-order valence-corrected chi connectivity index (χ1v) is 14.4. The average molecular weight is 548 g/mol. The van der Waals surface area contributed by atoms with E-state index >= 15 is 0 Å². The molecule has 2 heteroatoms. The molecule has 0 spiro atoms. The molecule has 0 atom stereocenters. The van der Waals surface area contributed by atoms with Crippen LogP contribution in [0, 0.1) is 0 Å². The van der Waals surface area contributed by atoms with Crippen molar-refractivity contribution in [3.8, 4) is 11.1 Å². The third-order valence-corrected chi connectivity index (χ3v) is 9.12. The highest BCUT2D eigenvalue weighted by Gasteiger charge is 2.27. The van der Waals surface area contributed by atoms with Crippen LogP contribution in [-0.4, -0.2) is 0 Å². The van der Waals surface area contributed by atoms with Crippen molar-refractivity contribution in [1.29, 1.82) is 0 Å². The number of hydrogen-bond donors (Lipinski definition) is 0. The molecule has 0 saturated heterocycles. The van der Waals surface area contributed by atoms with Gasteiger partial charge in [0, 0.05) is 14.5 Å². The van der Waals surface area contributed by atoms with E-state index in [0.717, 1.165) is 6.42 Å². The van der Waals surface area contributed by atoms with Gasteiger partial charge in [0.2, 0.25) is 0 Å². The number of fused-ring (bicyclic) bond motifs is 3. The van der Waals surface area contributed by atoms with Gasteiger partial charge in [0.1, 0.15) is 0 Å². The van der Waals surface area contributed by atoms with Crippen LogP contribution < -0.4 is 0 Å². The van der Waals surface area contributed by atoms with Gasteiger partial charge in [0.15, 0.2) is 0 Å². The summed E-state index contributed by atoms with van der Waals surface area (Å²) in [6.07, 6.45) is 19.9. The van der Waals surface area contributed by atoms with Crippen LogP contribution in [-0.2, 0) is 19.3 Å². The maximum Gasteiger partial charge on any atom is 0.0401 e. The van der Waals surface area contributed by atoms with Gasteiger partial charge in [0.25, 0.3) is 0 Å². The molecule has 2 aromatic rings. The molecule has 0 aromatic heterocycles. The standard InChI is InChI=1S/C29H40Br2/c1-3-5-7-9-11-13-19-24-25(20-14-12-10-8-6-4-2)28(30)29(31)27-23-18-16-15-17-22(23)21-26(24)27/h15-18H,3-14,19-21H2,1-2H3. The lowest BCUT2D eigenvalue weighted by Gasteiger charge is -2.20. The lowest BCUT2D eigenvalue weighted by atomic mass is 9.89. The van der Waals surface area contributed by atoms with Crippen molar-refractivity contribution >= 4 is 31.9 Å². The monoisotopic (exact) mass is 546 g/mol. The first-order chi connectivity index (χ1) is 15.2. The zero-order valence-corrected chi connectivity index (χ0v) is 22.8. The van der Waals surface area contributed by atoms with E-state index in [1.54, 1.807) is 16.7 Å². The molecular weight excluding hydrogens is 508 g/mol. The summed E-state index contributed by atoms with van der Waals surface area (Å²) in [7, 11) is 0. The number of rotatable bonds is 14. The Kier molecular flexibility index (Phi) is 10.7. The summed E-state index contributed by atoms with van der Waals surface area (Å²) >= 11 is 8.02. The number of benzene rings is 2. The van der Waals surface area contributed by atoms with E-state index in [2.05, 4.69) is 70.0 Å². The predicted molar refractivity (Wildman–Crippen MR) is 144 cm³/mol. The Bertz CT molecular complexity index is 837. The van der Waals surface area contributed by atoms with Crippen LogP contribution in [0.5, 0.6) is 0 Å². The van der Waals surface area contributed by atoms with Gasteiger partial charge < -0.3 is 0 Å². The van der Waals surface area contributed by atoms with Crippen LogP contribution in [0.4, 0.5) is 0 Å². The molecule has 0 heterocycles. The first kappa shape index (κ1) is 25.0. The summed E-state index contributed by atoms with van der Waals surface area (Å²) in [5.41, 5.74) is 9.22. The Morgan fingerprint density at radius 2 is 1.19 bits per heavy atom. The van der Waals surface area contributed by atoms with E-state index in [1.807, 2.05) is 0 Å². The largest absolute Gasteiger partial charge is 0.0654 e. The highest BCUT2D eigenvalue weighted by atomic mass is 79.9. The fraction of sp³-hybridized carbons (Fsp3) is 0.586. The van der Waals surface area contributed by atoms with Gasteiger partial charge in [0.05, 0.1) is 0 Å². The fourth-order valence-electron chi connectivity index (χ4n) is 5.15. The highest BCUT2D eigenvalue weighted by Crippen LogP contribution is 2.48. The van der Waals surface area contributed by atoms with Crippen molar-refractivity contribution in [1.82, 2.24) is 0 Å². The summed E-state index contributed by atoms with van der Waals surface area (Å²) in [5.74, 6) is 0. The average Bonchev–Trinajstić information content (AvgIpc) is 3.17. The third-order valence-electron chi connectivity index (χ3n) is 6.92. The molecular formula is C29H40Br2. The topological polar surface area (TPSA) is 0 Å². The second-order valence-electron chi connectivity index (χ2n) is 9.31. The van der Waals surface area contributed by atoms with Gasteiger partial charge in [-0.1, -0.05) is 102 Å². The zero-order valence-electron chi connectivity index (χ0n) is 19.7. The molecule has 0 aliphatic heterocycles. The Balaban J connectivity index is 1.79. The van der Waals surface area contributed by atoms with Gasteiger partial charge in [-0.15, -0.1) is 0 Å². The molecule has 0 radical (unpaired) electrons. The van der Waals surface area contributed by atoms with Crippen LogP contribution in [0.3, 0.4) is 0 Å². The Morgan fingerprint density at radius 3 is 1.84 bits per heavy atom. The van der Waals surface area contributed by atoms with Crippen molar-refractivity contribution in [3.63, 3.8) is 0 Å². The van der Waals surface area contributed by atoms with Crippen molar-refractivity contribution in [2.75, 3.05) is 0 Å². The summed E-state index contributed by atoms with van der Waals surface area (Å²) < 4.78 is 2.60. The van der Waals surface area contributed by atoms with Crippen molar-refractivity contribution in [3.05, 3.63) is 55.5 Å². The molecule has 31 heavy (non-hydrogen) atoms. The van der Waals surface area contributed by atoms with Gasteiger partial charge in [-0.25, -0.2) is 0 Å². The molecule has 0 saturated carbocycles. The Morgan fingerprint density at radius 1 is 0.645 bits per heavy atom. The summed E-state index contributed by atoms with van der Waals surface area (Å²) in [5, 5.41) is 0. The molecule has 3 rings (SSSR count). The normalized spacial score (nSPS) is 12.3. The SMILES string of the molecule is CCCCCCCCc1c(Br)c(Br)c2c(c1CCCCCCCC)Cc1ccccc1-2. The maximum absolute atomic E-state index is 4.03. The van der Waals surface area contributed by atoms with E-state index in [4.69, 9.17) is 0 Å². The second kappa shape index (κ2) is 13.2. The van der Waals surface area contributed by atoms with Gasteiger partial charge in [-0.2, -0.15) is 0 Å². The summed E-state index contributed by atoms with van der Waals surface area (Å²) in [4.78, 5) is 0. The minimum atomic E-state index is 1.10. The van der Waals surface area contributed by atoms with Gasteiger partial charge in [-0.3, -0.25) is 0 Å². The smallest absolute Gasteiger partial charge is 0.0401 e. The summed E-state index contributed by atoms with van der Waals surface area (Å²) in [6.45, 7) is 4.60. The molecule has 0 N–H and O–H groups in total. The molecule has 0 bridgehead atoms. The minimum absolute atomic E-state index is 1.10. The van der Waals surface area contributed by atoms with E-state index in [0.29, 0.717) is 0 Å². The van der Waals surface area contributed by atoms with Crippen LogP contribution in [0.2, 0.25) is 0 Å². The van der Waals surface area contributed by atoms with Gasteiger partial charge >= 0.3 is 0 Å². The minimum Gasteiger partial charge on any atom is -0.0654 e. The van der Waals surface area contributed by atoms with E-state index < -0.39 is 0 Å². The van der Waals surface area contributed by atoms with E-state index in [1.165, 1.54) is 116 Å². The number of unbranched alkanes of at least 4 members (excludes halogenated alkanes) is 10. The lowest BCUT2D eigenvalue weighted by molar-refractivity contribution is 0.598. The quantitative estimate of drug-likeness (QED) is 0.176. The second-order valence-corrected chi connectivity index (χ2v) is 10.9. The van der Waals surface area contributed by atoms with Crippen molar-refractivity contribution < 1.29 is 0 Å². The van der Waals surface area contributed by atoms with Crippen molar-refractivity contribution in [2.24, 2.45) is 0 Å². The highest BCUT2D eigenvalue weighted by molar-refractivity contribution is 9.13. The van der Waals surface area contributed by atoms with E-state index in [9.17, 15) is 0 Å². The van der Waals surface area contributed by atoms with Crippen LogP contribution in [0.1, 0.15) is 113 Å². The molecule has 0 unspecified atom stereocenters. The number of hydrogen-bond acceptors (Lipinski definition) is 0. The first-order valence-electron chi connectivity index (χ1n) is 12.8. The Labute approximate surface area is 207 Å². The molecule has 0 amide bonds. The van der Waals surface area contributed by atoms with Crippen LogP contribution in [0.15, 0.2) is 33.2 Å². The molecule has 1 aliphatic carbocycles. The van der Waals surface area contributed by atoms with Gasteiger partial charge in [-0.05, 0) is 91.8 Å².